The molecule has 20 heteroatoms. The molecule has 1 rings (SSSR count). The topological polar surface area (TPSA) is 340 Å². The van der Waals surface area contributed by atoms with Gasteiger partial charge in [0, 0.05) is 24.7 Å². The summed E-state index contributed by atoms with van der Waals surface area (Å²) < 4.78 is 0. The van der Waals surface area contributed by atoms with E-state index >= 15 is 0 Å². The molecule has 0 bridgehead atoms. The molecule has 20 nitrogen and oxygen atoms in total. The van der Waals surface area contributed by atoms with Crippen LogP contribution in [0, 0.1) is 5.92 Å². The number of nitrogens with one attached hydrogen (secondary N) is 7. The van der Waals surface area contributed by atoms with Gasteiger partial charge in [-0.25, -0.2) is 9.78 Å². The Morgan fingerprint density at radius 1 is 0.812 bits per heavy atom. The van der Waals surface area contributed by atoms with Crippen molar-refractivity contribution in [3.05, 3.63) is 18.2 Å². The molecular formula is C28H50N11O9+. The quantitative estimate of drug-likeness (QED) is 0.0403. The minimum absolute atomic E-state index is 0.113. The van der Waals surface area contributed by atoms with E-state index in [9.17, 15) is 43.8 Å². The van der Waals surface area contributed by atoms with E-state index in [1.807, 2.05) is 0 Å². The van der Waals surface area contributed by atoms with Crippen LogP contribution >= 0.6 is 0 Å². The summed E-state index contributed by atoms with van der Waals surface area (Å²) >= 11 is 0. The maximum absolute atomic E-state index is 13.3. The molecule has 48 heavy (non-hydrogen) atoms. The largest absolute Gasteiger partial charge is 0.481 e. The zero-order chi connectivity index (χ0) is 36.6. The van der Waals surface area contributed by atoms with Crippen LogP contribution in [0.25, 0.3) is 0 Å². The number of carbonyl (C=O) groups is 7. The number of carboxylic acids is 2. The second-order valence-corrected chi connectivity index (χ2v) is 11.7. The number of aromatic nitrogens is 2. The number of imidazole rings is 1. The minimum atomic E-state index is -1.45. The normalized spacial score (nSPS) is 14.9. The van der Waals surface area contributed by atoms with E-state index in [1.54, 1.807) is 13.8 Å². The van der Waals surface area contributed by atoms with Crippen molar-refractivity contribution in [1.29, 1.82) is 0 Å². The number of aromatic amines is 1. The highest BCUT2D eigenvalue weighted by Crippen LogP contribution is 2.08. The van der Waals surface area contributed by atoms with E-state index in [4.69, 9.17) is 11.5 Å². The first kappa shape index (κ1) is 41.4. The van der Waals surface area contributed by atoms with Crippen molar-refractivity contribution in [2.75, 3.05) is 6.54 Å². The molecule has 0 spiro atoms. The van der Waals surface area contributed by atoms with E-state index in [2.05, 4.69) is 47.6 Å². The summed E-state index contributed by atoms with van der Waals surface area (Å²) in [5.41, 5.74) is 15.0. The van der Waals surface area contributed by atoms with Gasteiger partial charge in [0.2, 0.25) is 23.6 Å². The first-order valence-corrected chi connectivity index (χ1v) is 15.4. The molecule has 0 radical (unpaired) electrons. The zero-order valence-electron chi connectivity index (χ0n) is 27.6. The average molecular weight is 685 g/mol. The van der Waals surface area contributed by atoms with Gasteiger partial charge in [0.25, 0.3) is 5.91 Å². The fourth-order valence-corrected chi connectivity index (χ4v) is 4.24. The molecule has 0 aliphatic carbocycles. The van der Waals surface area contributed by atoms with Crippen molar-refractivity contribution >= 4 is 41.5 Å². The lowest BCUT2D eigenvalue weighted by molar-refractivity contribution is -0.398. The fraction of sp³-hybridized carbons (Fsp3) is 0.643. The van der Waals surface area contributed by atoms with Crippen LogP contribution in [0.5, 0.6) is 0 Å². The number of aliphatic carboxylic acids is 2. The van der Waals surface area contributed by atoms with Gasteiger partial charge in [0.1, 0.15) is 36.5 Å². The summed E-state index contributed by atoms with van der Waals surface area (Å²) in [6.07, 6.45) is 1.51. The molecule has 5 amide bonds. The van der Waals surface area contributed by atoms with Crippen molar-refractivity contribution in [3.63, 3.8) is 0 Å². The third-order valence-electron chi connectivity index (χ3n) is 7.00. The summed E-state index contributed by atoms with van der Waals surface area (Å²) in [7, 11) is 0. The van der Waals surface area contributed by atoms with E-state index in [0.717, 1.165) is 0 Å². The van der Waals surface area contributed by atoms with Crippen LogP contribution in [0.15, 0.2) is 12.5 Å². The Hall–Kier alpha value is -4.66. The molecule has 16 N–H and O–H groups in total. The molecule has 1 aromatic rings. The number of hydrogen-bond donors (Lipinski definition) is 12. The third-order valence-corrected chi connectivity index (χ3v) is 7.00. The minimum Gasteiger partial charge on any atom is -0.481 e. The number of carbonyl (C=O) groups excluding carboxylic acids is 5. The maximum Gasteiger partial charge on any atom is 0.326 e. The number of carboxylic acid groups (broad SMARTS) is 2. The van der Waals surface area contributed by atoms with E-state index in [-0.39, 0.29) is 19.3 Å². The Morgan fingerprint density at radius 3 is 1.92 bits per heavy atom. The van der Waals surface area contributed by atoms with Crippen LogP contribution in [0.2, 0.25) is 0 Å². The smallest absolute Gasteiger partial charge is 0.326 e. The van der Waals surface area contributed by atoms with E-state index in [1.165, 1.54) is 26.4 Å². The van der Waals surface area contributed by atoms with Crippen LogP contribution in [0.1, 0.15) is 59.1 Å². The Bertz CT molecular complexity index is 1240. The standard InChI is InChI=1S/C28H49N11O9/c1-13(2)21(26(46)38-19(27(47)48)10-16-11-32-12-34-16)39-25(45)18(7-8-20(40)41)37-23(43)15(4)35-24(44)17(36-22(42)14(3)29)6-5-9-33-28(30)31/h11-15,17-19,21,28,33H,5-10,29-31H2,1-4H3,(H,32,34)(H,35,44)(H,36,42)(H,37,43)(H,38,46)(H,39,45)(H,40,41)(H,47,48)/p+1/t14-,15-,17-,18-,19-,21-/m0/s1. The van der Waals surface area contributed by atoms with Gasteiger partial charge in [-0.1, -0.05) is 13.8 Å². The summed E-state index contributed by atoms with van der Waals surface area (Å²) in [6.45, 7) is 6.40. The molecular weight excluding hydrogens is 634 g/mol. The number of H-pyrrole nitrogens is 1. The van der Waals surface area contributed by atoms with Crippen LogP contribution < -0.4 is 49.1 Å². The molecule has 0 aliphatic rings. The average Bonchev–Trinajstić information content (AvgIpc) is 3.51. The molecule has 0 saturated carbocycles. The lowest BCUT2D eigenvalue weighted by atomic mass is 10.0. The molecule has 0 aromatic carbocycles. The highest BCUT2D eigenvalue weighted by atomic mass is 16.4. The zero-order valence-corrected chi connectivity index (χ0v) is 27.6. The van der Waals surface area contributed by atoms with Crippen molar-refractivity contribution < 1.29 is 49.5 Å². The SMILES string of the molecule is CC(C)[C@H](NC(=O)[C@H](CCC(=O)O)NC(=O)[C@H](C)NC(=O)[C@H](CCCNC(N)N)NC(=O)[C@H](C)[NH3+])C(=O)N[C@@H](Cc1cnc[nH]1)C(=O)O. The Labute approximate surface area is 277 Å². The maximum atomic E-state index is 13.3. The van der Waals surface area contributed by atoms with Crippen LogP contribution in [0.4, 0.5) is 0 Å². The second kappa shape index (κ2) is 20.5. The number of amides is 5. The van der Waals surface area contributed by atoms with Crippen LogP contribution in [-0.2, 0) is 40.0 Å². The van der Waals surface area contributed by atoms with Gasteiger partial charge in [-0.05, 0) is 45.6 Å². The van der Waals surface area contributed by atoms with Crippen molar-refractivity contribution in [2.45, 2.75) is 102 Å². The Morgan fingerprint density at radius 2 is 1.40 bits per heavy atom. The summed E-state index contributed by atoms with van der Waals surface area (Å²) in [5, 5.41) is 33.9. The van der Waals surface area contributed by atoms with Crippen molar-refractivity contribution in [3.8, 4) is 0 Å². The van der Waals surface area contributed by atoms with E-state index in [0.29, 0.717) is 18.7 Å². The lowest BCUT2D eigenvalue weighted by Crippen LogP contribution is -2.67. The van der Waals surface area contributed by atoms with Crippen LogP contribution in [0.3, 0.4) is 0 Å². The van der Waals surface area contributed by atoms with Crippen LogP contribution in [-0.4, -0.2) is 111 Å². The number of nitrogens with two attached hydrogens (primary N) is 2. The molecule has 270 valence electrons. The molecule has 1 heterocycles. The Kier molecular flexibility index (Phi) is 17.7. The van der Waals surface area contributed by atoms with Gasteiger partial charge in [0.15, 0.2) is 6.04 Å². The van der Waals surface area contributed by atoms with Gasteiger partial charge in [-0.15, -0.1) is 0 Å². The first-order valence-electron chi connectivity index (χ1n) is 15.4. The molecule has 0 unspecified atom stereocenters. The predicted molar refractivity (Wildman–Crippen MR) is 169 cm³/mol. The summed E-state index contributed by atoms with van der Waals surface area (Å²) in [4.78, 5) is 94.6. The summed E-state index contributed by atoms with van der Waals surface area (Å²) in [5.74, 6) is -6.90. The molecule has 6 atom stereocenters. The molecule has 0 saturated heterocycles. The summed E-state index contributed by atoms with van der Waals surface area (Å²) in [6, 6.07) is -7.03. The molecule has 0 aliphatic heterocycles. The second-order valence-electron chi connectivity index (χ2n) is 11.7. The highest BCUT2D eigenvalue weighted by molar-refractivity contribution is 5.96. The van der Waals surface area contributed by atoms with Crippen molar-refractivity contribution in [1.82, 2.24) is 41.9 Å². The monoisotopic (exact) mass is 684 g/mol. The van der Waals surface area contributed by atoms with Gasteiger partial charge in [-0.3, -0.25) is 34.1 Å². The molecule has 0 fully saturated rings. The van der Waals surface area contributed by atoms with Gasteiger partial charge in [0.05, 0.1) is 6.33 Å². The fourth-order valence-electron chi connectivity index (χ4n) is 4.24. The number of quaternary nitrogens is 1. The van der Waals surface area contributed by atoms with Gasteiger partial charge < -0.3 is 59.0 Å². The van der Waals surface area contributed by atoms with Gasteiger partial charge >= 0.3 is 11.9 Å². The number of hydrogen-bond acceptors (Lipinski definition) is 11. The molecule has 1 aromatic heterocycles. The van der Waals surface area contributed by atoms with E-state index < -0.39 is 96.4 Å². The van der Waals surface area contributed by atoms with Crippen molar-refractivity contribution in [2.24, 2.45) is 17.4 Å². The van der Waals surface area contributed by atoms with Gasteiger partial charge in [-0.2, -0.15) is 0 Å². The lowest BCUT2D eigenvalue weighted by Gasteiger charge is -2.27. The number of rotatable bonds is 22. The highest BCUT2D eigenvalue weighted by Gasteiger charge is 2.33. The predicted octanol–water partition coefficient (Wildman–Crippen LogP) is -4.80. The third kappa shape index (κ3) is 15.3. The number of nitrogens with zero attached hydrogens (tertiary/aromatic N) is 1. The first-order chi connectivity index (χ1) is 22.4. The Balaban J connectivity index is 3.02.